The quantitative estimate of drug-likeness (QED) is 0.599. The third kappa shape index (κ3) is 1.94. The minimum Gasteiger partial charge on any atom is -0.330 e. The maximum Gasteiger partial charge on any atom is 0.323 e. The molecule has 6 heteroatoms. The molecule has 0 bridgehead atoms. The van der Waals surface area contributed by atoms with Crippen molar-refractivity contribution in [3.05, 3.63) is 34.9 Å². The number of hydrogen-bond donors (Lipinski definition) is 2. The van der Waals surface area contributed by atoms with Gasteiger partial charge in [0.1, 0.15) is 0 Å². The first kappa shape index (κ1) is 13.2. The van der Waals surface area contributed by atoms with Crippen LogP contribution in [0.4, 0.5) is 4.79 Å². The number of imide groups is 1. The van der Waals surface area contributed by atoms with E-state index in [1.54, 1.807) is 0 Å². The Kier molecular flexibility index (Phi) is 2.73. The average molecular weight is 283 g/mol. The van der Waals surface area contributed by atoms with Crippen molar-refractivity contribution in [3.63, 3.8) is 0 Å². The van der Waals surface area contributed by atoms with Crippen LogP contribution in [0.15, 0.2) is 18.2 Å². The van der Waals surface area contributed by atoms with E-state index in [0.717, 1.165) is 11.1 Å². The zero-order valence-corrected chi connectivity index (χ0v) is 11.4. The number of urea groups is 1. The second kappa shape index (κ2) is 4.35. The number of benzene rings is 1. The van der Waals surface area contributed by atoms with Crippen molar-refractivity contribution in [2.24, 2.45) is 0 Å². The van der Waals surface area contributed by atoms with Gasteiger partial charge >= 0.3 is 6.03 Å². The van der Waals surface area contributed by atoms with Crippen LogP contribution in [0.25, 0.3) is 0 Å². The highest BCUT2D eigenvalue weighted by molar-refractivity contribution is 6.10. The van der Waals surface area contributed by atoms with Gasteiger partial charge in [-0.15, -0.1) is 6.42 Å². The Hall–Kier alpha value is -2.81. The summed E-state index contributed by atoms with van der Waals surface area (Å²) < 4.78 is 0. The first-order valence-corrected chi connectivity index (χ1v) is 6.45. The predicted octanol–water partition coefficient (Wildman–Crippen LogP) is 0.162. The SMILES string of the molecule is C#C[C@]1(CN2Cc3ccc(C)cc3C2=O)NC(=O)NC1=O. The number of aryl methyl sites for hydroxylation is 1. The summed E-state index contributed by atoms with van der Waals surface area (Å²) in [4.78, 5) is 37.1. The summed E-state index contributed by atoms with van der Waals surface area (Å²) in [7, 11) is 0. The maximum absolute atomic E-state index is 12.4. The molecule has 1 fully saturated rings. The fourth-order valence-corrected chi connectivity index (χ4v) is 2.64. The Labute approximate surface area is 121 Å². The van der Waals surface area contributed by atoms with Crippen molar-refractivity contribution < 1.29 is 14.4 Å². The summed E-state index contributed by atoms with van der Waals surface area (Å²) in [5.41, 5.74) is 1.00. The minimum atomic E-state index is -1.50. The van der Waals surface area contributed by atoms with Gasteiger partial charge in [-0.2, -0.15) is 0 Å². The number of amides is 4. The number of carbonyl (C=O) groups is 3. The Morgan fingerprint density at radius 2 is 2.14 bits per heavy atom. The van der Waals surface area contributed by atoms with Gasteiger partial charge in [0.25, 0.3) is 11.8 Å². The number of nitrogens with zero attached hydrogens (tertiary/aromatic N) is 1. The van der Waals surface area contributed by atoms with Gasteiger partial charge in [-0.05, 0) is 18.6 Å². The molecule has 0 saturated carbocycles. The summed E-state index contributed by atoms with van der Waals surface area (Å²) in [6.07, 6.45) is 5.41. The van der Waals surface area contributed by atoms with Crippen LogP contribution in [0.1, 0.15) is 21.5 Å². The molecule has 1 atom stereocenters. The van der Waals surface area contributed by atoms with Gasteiger partial charge in [0.05, 0.1) is 6.54 Å². The van der Waals surface area contributed by atoms with E-state index in [9.17, 15) is 14.4 Å². The monoisotopic (exact) mass is 283 g/mol. The van der Waals surface area contributed by atoms with Gasteiger partial charge in [-0.3, -0.25) is 14.9 Å². The summed E-state index contributed by atoms with van der Waals surface area (Å²) in [6.45, 7) is 2.23. The van der Waals surface area contributed by atoms with Crippen molar-refractivity contribution in [1.29, 1.82) is 0 Å². The fourth-order valence-electron chi connectivity index (χ4n) is 2.64. The lowest BCUT2D eigenvalue weighted by Crippen LogP contribution is -2.54. The van der Waals surface area contributed by atoms with Gasteiger partial charge in [0, 0.05) is 12.1 Å². The second-order valence-electron chi connectivity index (χ2n) is 5.28. The van der Waals surface area contributed by atoms with Crippen LogP contribution < -0.4 is 10.6 Å². The number of fused-ring (bicyclic) bond motifs is 1. The summed E-state index contributed by atoms with van der Waals surface area (Å²) >= 11 is 0. The highest BCUT2D eigenvalue weighted by Gasteiger charge is 2.48. The summed E-state index contributed by atoms with van der Waals surface area (Å²) in [6, 6.07) is 4.99. The lowest BCUT2D eigenvalue weighted by Gasteiger charge is -2.26. The maximum atomic E-state index is 12.4. The van der Waals surface area contributed by atoms with Crippen LogP contribution in [0.2, 0.25) is 0 Å². The molecule has 1 saturated heterocycles. The molecule has 21 heavy (non-hydrogen) atoms. The molecule has 0 aromatic heterocycles. The smallest absolute Gasteiger partial charge is 0.323 e. The molecule has 0 spiro atoms. The summed E-state index contributed by atoms with van der Waals surface area (Å²) in [5, 5.41) is 4.53. The van der Waals surface area contributed by atoms with Crippen molar-refractivity contribution in [3.8, 4) is 12.3 Å². The van der Waals surface area contributed by atoms with E-state index < -0.39 is 17.5 Å². The highest BCUT2D eigenvalue weighted by Crippen LogP contribution is 2.26. The highest BCUT2D eigenvalue weighted by atomic mass is 16.2. The molecular formula is C15H13N3O3. The van der Waals surface area contributed by atoms with Gasteiger partial charge in [-0.25, -0.2) is 4.79 Å². The van der Waals surface area contributed by atoms with E-state index in [4.69, 9.17) is 6.42 Å². The molecule has 0 aliphatic carbocycles. The summed E-state index contributed by atoms with van der Waals surface area (Å²) in [5.74, 6) is 1.52. The standard InChI is InChI=1S/C15H13N3O3/c1-3-15(13(20)16-14(21)17-15)8-18-7-10-5-4-9(2)6-11(10)12(18)19/h1,4-6H,7-8H2,2H3,(H2,16,17,20,21)/t15-/m1/s1. The van der Waals surface area contributed by atoms with E-state index in [1.807, 2.05) is 25.1 Å². The zero-order valence-electron chi connectivity index (χ0n) is 11.4. The van der Waals surface area contributed by atoms with Crippen molar-refractivity contribution in [2.75, 3.05) is 6.54 Å². The number of terminal acetylenes is 1. The zero-order chi connectivity index (χ0) is 15.2. The number of rotatable bonds is 2. The Balaban J connectivity index is 1.88. The molecule has 1 aromatic rings. The Bertz CT molecular complexity index is 719. The van der Waals surface area contributed by atoms with E-state index >= 15 is 0 Å². The molecule has 0 unspecified atom stereocenters. The van der Waals surface area contributed by atoms with E-state index in [-0.39, 0.29) is 12.5 Å². The molecule has 106 valence electrons. The van der Waals surface area contributed by atoms with Crippen LogP contribution in [-0.2, 0) is 11.3 Å². The number of nitrogens with one attached hydrogen (secondary N) is 2. The lowest BCUT2D eigenvalue weighted by atomic mass is 10.0. The lowest BCUT2D eigenvalue weighted by molar-refractivity contribution is -0.122. The van der Waals surface area contributed by atoms with Gasteiger partial charge < -0.3 is 10.2 Å². The van der Waals surface area contributed by atoms with Crippen LogP contribution >= 0.6 is 0 Å². The van der Waals surface area contributed by atoms with Crippen LogP contribution in [0.5, 0.6) is 0 Å². The molecule has 2 aliphatic heterocycles. The van der Waals surface area contributed by atoms with Crippen molar-refractivity contribution in [1.82, 2.24) is 15.5 Å². The van der Waals surface area contributed by atoms with E-state index in [2.05, 4.69) is 16.6 Å². The molecule has 4 amide bonds. The fraction of sp³-hybridized carbons (Fsp3) is 0.267. The first-order chi connectivity index (χ1) is 9.95. The van der Waals surface area contributed by atoms with Crippen LogP contribution in [0.3, 0.4) is 0 Å². The number of hydrogen-bond acceptors (Lipinski definition) is 3. The van der Waals surface area contributed by atoms with Crippen molar-refractivity contribution >= 4 is 17.8 Å². The van der Waals surface area contributed by atoms with E-state index in [0.29, 0.717) is 12.1 Å². The minimum absolute atomic E-state index is 0.0480. The third-order valence-corrected chi connectivity index (χ3v) is 3.76. The van der Waals surface area contributed by atoms with Crippen molar-refractivity contribution in [2.45, 2.75) is 19.0 Å². The van der Waals surface area contributed by atoms with Crippen LogP contribution in [-0.4, -0.2) is 34.8 Å². The molecule has 3 rings (SSSR count). The topological polar surface area (TPSA) is 78.5 Å². The molecule has 0 radical (unpaired) electrons. The molecule has 2 heterocycles. The normalized spacial score (nSPS) is 23.6. The second-order valence-corrected chi connectivity index (χ2v) is 5.28. The van der Waals surface area contributed by atoms with Gasteiger partial charge in [-0.1, -0.05) is 23.6 Å². The largest absolute Gasteiger partial charge is 0.330 e. The van der Waals surface area contributed by atoms with Gasteiger partial charge in [0.15, 0.2) is 5.54 Å². The van der Waals surface area contributed by atoms with Gasteiger partial charge in [0.2, 0.25) is 0 Å². The average Bonchev–Trinajstić information content (AvgIpc) is 2.89. The molecule has 6 nitrogen and oxygen atoms in total. The third-order valence-electron chi connectivity index (χ3n) is 3.76. The first-order valence-electron chi connectivity index (χ1n) is 6.45. The van der Waals surface area contributed by atoms with Crippen LogP contribution in [0, 0.1) is 19.3 Å². The molecule has 2 aliphatic rings. The van der Waals surface area contributed by atoms with E-state index in [1.165, 1.54) is 4.90 Å². The molecule has 2 N–H and O–H groups in total. The predicted molar refractivity (Wildman–Crippen MR) is 74.2 cm³/mol. The molecular weight excluding hydrogens is 270 g/mol. The Morgan fingerprint density at radius 1 is 1.38 bits per heavy atom. The molecule has 1 aromatic carbocycles. The number of carbonyl (C=O) groups excluding carboxylic acids is 3. The Morgan fingerprint density at radius 3 is 2.76 bits per heavy atom.